The van der Waals surface area contributed by atoms with Crippen molar-refractivity contribution >= 4 is 44.8 Å². The fourth-order valence-corrected chi connectivity index (χ4v) is 3.97. The molecule has 0 fully saturated rings. The first kappa shape index (κ1) is 19.5. The number of nitrogens with zero attached hydrogens (tertiary/aromatic N) is 1. The number of phenolic OH excluding ortho intramolecular Hbond substituents is 1. The van der Waals surface area contributed by atoms with Gasteiger partial charge < -0.3 is 5.11 Å². The molecule has 3 nitrogen and oxygen atoms in total. The third kappa shape index (κ3) is 4.26. The van der Waals surface area contributed by atoms with Gasteiger partial charge in [-0.2, -0.15) is 0 Å². The SMILES string of the molecule is Oc1ccc(Br)cc1[C@@H]1CC(c2ccc(Cl)cc2)=N[C@H](c2ccc(Cl)cc2)N1. The first-order valence-corrected chi connectivity index (χ1v) is 10.4. The normalized spacial score (nSPS) is 19.3. The van der Waals surface area contributed by atoms with E-state index in [0.717, 1.165) is 26.9 Å². The molecule has 1 aliphatic rings. The largest absolute Gasteiger partial charge is 0.508 e. The molecular weight excluding hydrogens is 459 g/mol. The van der Waals surface area contributed by atoms with E-state index in [9.17, 15) is 5.11 Å². The maximum atomic E-state index is 10.4. The van der Waals surface area contributed by atoms with Crippen LogP contribution in [0.15, 0.2) is 76.2 Å². The molecule has 28 heavy (non-hydrogen) atoms. The highest BCUT2D eigenvalue weighted by Gasteiger charge is 2.27. The summed E-state index contributed by atoms with van der Waals surface area (Å²) < 4.78 is 0.917. The zero-order valence-corrected chi connectivity index (χ0v) is 17.8. The molecule has 1 aliphatic heterocycles. The van der Waals surface area contributed by atoms with E-state index in [1.54, 1.807) is 6.07 Å². The highest BCUT2D eigenvalue weighted by atomic mass is 79.9. The van der Waals surface area contributed by atoms with Gasteiger partial charge in [0.15, 0.2) is 0 Å². The Kier molecular flexibility index (Phi) is 5.74. The Bertz CT molecular complexity index is 1020. The van der Waals surface area contributed by atoms with Crippen LogP contribution in [0, 0.1) is 0 Å². The molecule has 0 saturated carbocycles. The van der Waals surface area contributed by atoms with E-state index in [1.807, 2.05) is 60.7 Å². The Balaban J connectivity index is 1.76. The van der Waals surface area contributed by atoms with Gasteiger partial charge in [-0.1, -0.05) is 63.4 Å². The van der Waals surface area contributed by atoms with Gasteiger partial charge in [0.25, 0.3) is 0 Å². The standard InChI is InChI=1S/C22H17BrCl2N2O/c23-15-5-10-21(28)18(11-15)20-12-19(13-1-6-16(24)7-2-13)26-22(27-20)14-3-8-17(25)9-4-14/h1-11,20,22,27-28H,12H2/t20-,22-/m0/s1. The van der Waals surface area contributed by atoms with Crippen molar-refractivity contribution < 1.29 is 5.11 Å². The molecule has 3 aromatic rings. The third-order valence-electron chi connectivity index (χ3n) is 4.77. The summed E-state index contributed by atoms with van der Waals surface area (Å²) in [5.74, 6) is 0.257. The number of hydrogen-bond acceptors (Lipinski definition) is 3. The Labute approximate surface area is 182 Å². The molecule has 0 amide bonds. The summed E-state index contributed by atoms with van der Waals surface area (Å²) >= 11 is 15.6. The number of benzene rings is 3. The van der Waals surface area contributed by atoms with E-state index >= 15 is 0 Å². The summed E-state index contributed by atoms with van der Waals surface area (Å²) in [6.45, 7) is 0. The second-order valence-electron chi connectivity index (χ2n) is 6.66. The summed E-state index contributed by atoms with van der Waals surface area (Å²) in [4.78, 5) is 4.94. The number of rotatable bonds is 3. The summed E-state index contributed by atoms with van der Waals surface area (Å²) in [5, 5.41) is 15.4. The van der Waals surface area contributed by atoms with E-state index in [2.05, 4.69) is 21.2 Å². The van der Waals surface area contributed by atoms with Gasteiger partial charge in [0, 0.05) is 38.3 Å². The van der Waals surface area contributed by atoms with Gasteiger partial charge in [-0.05, 0) is 53.6 Å². The predicted octanol–water partition coefficient (Wildman–Crippen LogP) is 6.68. The molecule has 2 N–H and O–H groups in total. The number of phenols is 1. The monoisotopic (exact) mass is 474 g/mol. The Morgan fingerprint density at radius 1 is 0.929 bits per heavy atom. The van der Waals surface area contributed by atoms with Crippen LogP contribution in [0.5, 0.6) is 5.75 Å². The maximum Gasteiger partial charge on any atom is 0.126 e. The molecule has 0 aliphatic carbocycles. The summed E-state index contributed by atoms with van der Waals surface area (Å²) in [6.07, 6.45) is 0.399. The Morgan fingerprint density at radius 3 is 2.25 bits per heavy atom. The van der Waals surface area contributed by atoms with Crippen molar-refractivity contribution in [1.82, 2.24) is 5.32 Å². The van der Waals surface area contributed by atoms with Gasteiger partial charge in [0.1, 0.15) is 11.9 Å². The van der Waals surface area contributed by atoms with E-state index < -0.39 is 0 Å². The van der Waals surface area contributed by atoms with Crippen molar-refractivity contribution in [3.05, 3.63) is 97.9 Å². The van der Waals surface area contributed by atoms with Crippen LogP contribution < -0.4 is 5.32 Å². The zero-order valence-electron chi connectivity index (χ0n) is 14.7. The Morgan fingerprint density at radius 2 is 1.57 bits per heavy atom. The van der Waals surface area contributed by atoms with Crippen LogP contribution in [0.4, 0.5) is 0 Å². The maximum absolute atomic E-state index is 10.4. The van der Waals surface area contributed by atoms with Crippen LogP contribution in [0.3, 0.4) is 0 Å². The lowest BCUT2D eigenvalue weighted by atomic mass is 9.93. The molecule has 6 heteroatoms. The lowest BCUT2D eigenvalue weighted by molar-refractivity contribution is 0.412. The number of nitrogens with one attached hydrogen (secondary N) is 1. The molecule has 1 heterocycles. The van der Waals surface area contributed by atoms with Crippen LogP contribution in [0.1, 0.15) is 35.3 Å². The highest BCUT2D eigenvalue weighted by molar-refractivity contribution is 9.10. The minimum atomic E-state index is -0.250. The average molecular weight is 476 g/mol. The molecule has 0 aromatic heterocycles. The molecule has 142 valence electrons. The summed E-state index contributed by atoms with van der Waals surface area (Å²) in [7, 11) is 0. The van der Waals surface area contributed by atoms with Gasteiger partial charge in [-0.3, -0.25) is 10.3 Å². The molecule has 0 unspecified atom stereocenters. The predicted molar refractivity (Wildman–Crippen MR) is 118 cm³/mol. The average Bonchev–Trinajstić information content (AvgIpc) is 2.70. The molecule has 0 saturated heterocycles. The van der Waals surface area contributed by atoms with Crippen molar-refractivity contribution in [2.75, 3.05) is 0 Å². The summed E-state index contributed by atoms with van der Waals surface area (Å²) in [6, 6.07) is 20.7. The van der Waals surface area contributed by atoms with Gasteiger partial charge in [-0.15, -0.1) is 0 Å². The minimum Gasteiger partial charge on any atom is -0.508 e. The molecule has 0 spiro atoms. The fourth-order valence-electron chi connectivity index (χ4n) is 3.34. The van der Waals surface area contributed by atoms with Crippen LogP contribution in [0.25, 0.3) is 0 Å². The van der Waals surface area contributed by atoms with Crippen molar-refractivity contribution in [2.45, 2.75) is 18.6 Å². The molecule has 4 rings (SSSR count). The van der Waals surface area contributed by atoms with Crippen molar-refractivity contribution in [3.8, 4) is 5.75 Å². The lowest BCUT2D eigenvalue weighted by Crippen LogP contribution is -2.33. The quantitative estimate of drug-likeness (QED) is 0.443. The van der Waals surface area contributed by atoms with E-state index in [4.69, 9.17) is 28.2 Å². The number of hydrogen-bond donors (Lipinski definition) is 2. The first-order chi connectivity index (χ1) is 13.5. The van der Waals surface area contributed by atoms with Crippen LogP contribution in [-0.2, 0) is 0 Å². The first-order valence-electron chi connectivity index (χ1n) is 8.82. The van der Waals surface area contributed by atoms with Gasteiger partial charge in [0.05, 0.1) is 0 Å². The van der Waals surface area contributed by atoms with E-state index in [0.29, 0.717) is 16.5 Å². The van der Waals surface area contributed by atoms with Crippen LogP contribution in [-0.4, -0.2) is 10.8 Å². The topological polar surface area (TPSA) is 44.6 Å². The zero-order chi connectivity index (χ0) is 19.7. The second kappa shape index (κ2) is 8.26. The molecule has 0 bridgehead atoms. The number of aromatic hydroxyl groups is 1. The van der Waals surface area contributed by atoms with E-state index in [-0.39, 0.29) is 18.0 Å². The smallest absolute Gasteiger partial charge is 0.126 e. The van der Waals surface area contributed by atoms with E-state index in [1.165, 1.54) is 0 Å². The fraction of sp³-hybridized carbons (Fsp3) is 0.136. The van der Waals surface area contributed by atoms with Gasteiger partial charge >= 0.3 is 0 Å². The summed E-state index contributed by atoms with van der Waals surface area (Å²) in [5.41, 5.74) is 3.81. The van der Waals surface area contributed by atoms with Crippen LogP contribution in [0.2, 0.25) is 10.0 Å². The Hall–Kier alpha value is -1.85. The minimum absolute atomic E-state index is 0.0960. The van der Waals surface area contributed by atoms with Crippen molar-refractivity contribution in [1.29, 1.82) is 0 Å². The molecule has 0 radical (unpaired) electrons. The second-order valence-corrected chi connectivity index (χ2v) is 8.45. The van der Waals surface area contributed by atoms with Gasteiger partial charge in [-0.25, -0.2) is 0 Å². The third-order valence-corrected chi connectivity index (χ3v) is 5.77. The number of aliphatic imine (C=N–C) groups is 1. The lowest BCUT2D eigenvalue weighted by Gasteiger charge is -2.31. The van der Waals surface area contributed by atoms with Gasteiger partial charge in [0.2, 0.25) is 0 Å². The van der Waals surface area contributed by atoms with Crippen molar-refractivity contribution in [2.24, 2.45) is 4.99 Å². The molecule has 2 atom stereocenters. The van der Waals surface area contributed by atoms with Crippen molar-refractivity contribution in [3.63, 3.8) is 0 Å². The highest BCUT2D eigenvalue weighted by Crippen LogP contribution is 2.36. The number of halogens is 3. The molecular formula is C22H17BrCl2N2O. The van der Waals surface area contributed by atoms with Crippen LogP contribution >= 0.6 is 39.1 Å². The molecule has 3 aromatic carbocycles.